The van der Waals surface area contributed by atoms with Crippen LogP contribution in [-0.4, -0.2) is 22.6 Å². The molecule has 3 rings (SSSR count). The SMILES string of the molecule is COc1ccc(CC(=O)N[C@H](C)c2ccc(-n3ccnc3)cc2)cc1. The predicted molar refractivity (Wildman–Crippen MR) is 96.8 cm³/mol. The lowest BCUT2D eigenvalue weighted by Crippen LogP contribution is -2.28. The quantitative estimate of drug-likeness (QED) is 0.752. The van der Waals surface area contributed by atoms with Crippen molar-refractivity contribution in [1.82, 2.24) is 14.9 Å². The third kappa shape index (κ3) is 4.26. The van der Waals surface area contributed by atoms with E-state index in [0.717, 1.165) is 22.6 Å². The zero-order valence-corrected chi connectivity index (χ0v) is 14.3. The highest BCUT2D eigenvalue weighted by molar-refractivity contribution is 5.79. The van der Waals surface area contributed by atoms with Crippen LogP contribution in [0.1, 0.15) is 24.1 Å². The summed E-state index contributed by atoms with van der Waals surface area (Å²) in [5, 5.41) is 3.04. The van der Waals surface area contributed by atoms with E-state index in [4.69, 9.17) is 4.74 Å². The number of carbonyl (C=O) groups is 1. The maximum atomic E-state index is 12.2. The minimum absolute atomic E-state index is 0.00338. The summed E-state index contributed by atoms with van der Waals surface area (Å²) < 4.78 is 7.07. The van der Waals surface area contributed by atoms with Crippen LogP contribution in [-0.2, 0) is 11.2 Å². The molecule has 0 saturated carbocycles. The fourth-order valence-corrected chi connectivity index (χ4v) is 2.65. The highest BCUT2D eigenvalue weighted by Gasteiger charge is 2.10. The van der Waals surface area contributed by atoms with Gasteiger partial charge in [-0.15, -0.1) is 0 Å². The predicted octanol–water partition coefficient (Wildman–Crippen LogP) is 3.30. The van der Waals surface area contributed by atoms with E-state index < -0.39 is 0 Å². The second-order valence-corrected chi connectivity index (χ2v) is 5.88. The fraction of sp³-hybridized carbons (Fsp3) is 0.200. The number of amides is 1. The van der Waals surface area contributed by atoms with Gasteiger partial charge in [-0.2, -0.15) is 0 Å². The Morgan fingerprint density at radius 3 is 2.48 bits per heavy atom. The molecular formula is C20H21N3O2. The van der Waals surface area contributed by atoms with Crippen molar-refractivity contribution in [3.05, 3.63) is 78.4 Å². The Hall–Kier alpha value is -3.08. The van der Waals surface area contributed by atoms with Crippen molar-refractivity contribution < 1.29 is 9.53 Å². The zero-order chi connectivity index (χ0) is 17.6. The summed E-state index contributed by atoms with van der Waals surface area (Å²) in [6, 6.07) is 15.6. The molecule has 5 heteroatoms. The Balaban J connectivity index is 1.59. The first kappa shape index (κ1) is 16.8. The van der Waals surface area contributed by atoms with Gasteiger partial charge in [0, 0.05) is 18.1 Å². The Labute approximate surface area is 147 Å². The lowest BCUT2D eigenvalue weighted by molar-refractivity contribution is -0.121. The fourth-order valence-electron chi connectivity index (χ4n) is 2.65. The molecule has 25 heavy (non-hydrogen) atoms. The number of benzene rings is 2. The van der Waals surface area contributed by atoms with Crippen LogP contribution in [0.3, 0.4) is 0 Å². The van der Waals surface area contributed by atoms with Gasteiger partial charge in [0.2, 0.25) is 5.91 Å². The average molecular weight is 335 g/mol. The van der Waals surface area contributed by atoms with Gasteiger partial charge in [0.1, 0.15) is 5.75 Å². The second-order valence-electron chi connectivity index (χ2n) is 5.88. The largest absolute Gasteiger partial charge is 0.497 e. The number of aromatic nitrogens is 2. The summed E-state index contributed by atoms with van der Waals surface area (Å²) in [7, 11) is 1.63. The summed E-state index contributed by atoms with van der Waals surface area (Å²) in [6.45, 7) is 1.98. The van der Waals surface area contributed by atoms with Crippen LogP contribution in [0, 0.1) is 0 Å². The summed E-state index contributed by atoms with van der Waals surface area (Å²) in [4.78, 5) is 16.3. The van der Waals surface area contributed by atoms with Crippen molar-refractivity contribution in [2.45, 2.75) is 19.4 Å². The van der Waals surface area contributed by atoms with Crippen LogP contribution in [0.4, 0.5) is 0 Å². The van der Waals surface area contributed by atoms with Crippen LogP contribution in [0.25, 0.3) is 5.69 Å². The number of imidazole rings is 1. The maximum Gasteiger partial charge on any atom is 0.224 e. The molecule has 5 nitrogen and oxygen atoms in total. The molecule has 1 amide bonds. The summed E-state index contributed by atoms with van der Waals surface area (Å²) in [5.74, 6) is 0.784. The van der Waals surface area contributed by atoms with E-state index in [1.807, 2.05) is 66.2 Å². The van der Waals surface area contributed by atoms with Crippen LogP contribution >= 0.6 is 0 Å². The van der Waals surface area contributed by atoms with Crippen molar-refractivity contribution in [3.8, 4) is 11.4 Å². The maximum absolute atomic E-state index is 12.2. The molecule has 0 aliphatic rings. The molecule has 0 saturated heterocycles. The number of nitrogens with zero attached hydrogens (tertiary/aromatic N) is 2. The van der Waals surface area contributed by atoms with E-state index >= 15 is 0 Å². The number of ether oxygens (including phenoxy) is 1. The Morgan fingerprint density at radius 2 is 1.88 bits per heavy atom. The average Bonchev–Trinajstić information content (AvgIpc) is 3.17. The Morgan fingerprint density at radius 1 is 1.16 bits per heavy atom. The van der Waals surface area contributed by atoms with Crippen molar-refractivity contribution in [1.29, 1.82) is 0 Å². The molecule has 0 bridgehead atoms. The van der Waals surface area contributed by atoms with Gasteiger partial charge in [0.15, 0.2) is 0 Å². The number of carbonyl (C=O) groups excluding carboxylic acids is 1. The molecule has 0 aliphatic heterocycles. The number of methoxy groups -OCH3 is 1. The number of hydrogen-bond donors (Lipinski definition) is 1. The van der Waals surface area contributed by atoms with Crippen LogP contribution in [0.15, 0.2) is 67.3 Å². The first-order valence-electron chi connectivity index (χ1n) is 8.16. The first-order valence-corrected chi connectivity index (χ1v) is 8.16. The van der Waals surface area contributed by atoms with E-state index in [0.29, 0.717) is 6.42 Å². The van der Waals surface area contributed by atoms with Crippen molar-refractivity contribution in [2.75, 3.05) is 7.11 Å². The summed E-state index contributed by atoms with van der Waals surface area (Å²) in [6.07, 6.45) is 5.75. The van der Waals surface area contributed by atoms with Crippen LogP contribution in [0.2, 0.25) is 0 Å². The third-order valence-electron chi connectivity index (χ3n) is 4.10. The van der Waals surface area contributed by atoms with Crippen LogP contribution in [0.5, 0.6) is 5.75 Å². The van der Waals surface area contributed by atoms with Gasteiger partial charge < -0.3 is 14.6 Å². The minimum atomic E-state index is -0.0532. The van der Waals surface area contributed by atoms with Crippen LogP contribution < -0.4 is 10.1 Å². The van der Waals surface area contributed by atoms with E-state index in [1.165, 1.54) is 0 Å². The molecule has 0 aliphatic carbocycles. The zero-order valence-electron chi connectivity index (χ0n) is 14.3. The van der Waals surface area contributed by atoms with E-state index in [2.05, 4.69) is 10.3 Å². The van der Waals surface area contributed by atoms with Gasteiger partial charge in [0.25, 0.3) is 0 Å². The monoisotopic (exact) mass is 335 g/mol. The molecule has 0 fully saturated rings. The summed E-state index contributed by atoms with van der Waals surface area (Å²) in [5.41, 5.74) is 3.06. The number of hydrogen-bond acceptors (Lipinski definition) is 3. The number of nitrogens with one attached hydrogen (secondary N) is 1. The van der Waals surface area contributed by atoms with Crippen molar-refractivity contribution in [2.24, 2.45) is 0 Å². The molecule has 1 heterocycles. The molecule has 0 spiro atoms. The second kappa shape index (κ2) is 7.66. The smallest absolute Gasteiger partial charge is 0.224 e. The van der Waals surface area contributed by atoms with E-state index in [9.17, 15) is 4.79 Å². The topological polar surface area (TPSA) is 56.1 Å². The van der Waals surface area contributed by atoms with Gasteiger partial charge in [-0.05, 0) is 42.3 Å². The molecule has 0 radical (unpaired) electrons. The number of rotatable bonds is 6. The molecule has 1 N–H and O–H groups in total. The molecule has 3 aromatic rings. The van der Waals surface area contributed by atoms with E-state index in [-0.39, 0.29) is 11.9 Å². The van der Waals surface area contributed by atoms with Gasteiger partial charge in [-0.25, -0.2) is 4.98 Å². The molecule has 1 aromatic heterocycles. The Kier molecular flexibility index (Phi) is 5.14. The molecule has 2 aromatic carbocycles. The lowest BCUT2D eigenvalue weighted by atomic mass is 10.1. The molecule has 0 unspecified atom stereocenters. The standard InChI is InChI=1S/C20H21N3O2/c1-15(17-5-7-18(8-6-17)23-12-11-21-14-23)22-20(24)13-16-3-9-19(25-2)10-4-16/h3-12,14-15H,13H2,1-2H3,(H,22,24)/t15-/m1/s1. The van der Waals surface area contributed by atoms with Gasteiger partial charge in [-0.1, -0.05) is 24.3 Å². The highest BCUT2D eigenvalue weighted by atomic mass is 16.5. The van der Waals surface area contributed by atoms with Gasteiger partial charge >= 0.3 is 0 Å². The lowest BCUT2D eigenvalue weighted by Gasteiger charge is -2.15. The molecule has 1 atom stereocenters. The van der Waals surface area contributed by atoms with Crippen molar-refractivity contribution >= 4 is 5.91 Å². The highest BCUT2D eigenvalue weighted by Crippen LogP contribution is 2.16. The first-order chi connectivity index (χ1) is 12.2. The normalized spacial score (nSPS) is 11.8. The molecule has 128 valence electrons. The Bertz CT molecular complexity index is 809. The third-order valence-corrected chi connectivity index (χ3v) is 4.10. The van der Waals surface area contributed by atoms with Gasteiger partial charge in [0.05, 0.1) is 25.9 Å². The minimum Gasteiger partial charge on any atom is -0.497 e. The van der Waals surface area contributed by atoms with E-state index in [1.54, 1.807) is 19.6 Å². The molecular weight excluding hydrogens is 314 g/mol. The van der Waals surface area contributed by atoms with Gasteiger partial charge in [-0.3, -0.25) is 4.79 Å². The summed E-state index contributed by atoms with van der Waals surface area (Å²) >= 11 is 0. The van der Waals surface area contributed by atoms with Crippen molar-refractivity contribution in [3.63, 3.8) is 0 Å².